The van der Waals surface area contributed by atoms with Gasteiger partial charge in [0.15, 0.2) is 0 Å². The third kappa shape index (κ3) is 7.40. The normalized spacial score (nSPS) is 10.5. The Bertz CT molecular complexity index is 807. The van der Waals surface area contributed by atoms with Gasteiger partial charge in [0.05, 0.1) is 5.97 Å². The summed E-state index contributed by atoms with van der Waals surface area (Å²) in [5, 5.41) is 18.6. The molecule has 0 atom stereocenters. The first-order valence-corrected chi connectivity index (χ1v) is 7.23. The van der Waals surface area contributed by atoms with Crippen molar-refractivity contribution >= 4 is 32.8 Å². The molecule has 0 aliphatic rings. The summed E-state index contributed by atoms with van der Waals surface area (Å²) < 4.78 is 31.0. The van der Waals surface area contributed by atoms with Crippen molar-refractivity contribution in [2.45, 2.75) is 4.90 Å². The fraction of sp³-hybridized carbons (Fsp3) is 0. The molecule has 7 nitrogen and oxygen atoms in total. The van der Waals surface area contributed by atoms with Crippen LogP contribution >= 0.6 is 0 Å². The minimum absolute atomic E-state index is 0. The van der Waals surface area contributed by atoms with E-state index in [1.807, 2.05) is 6.07 Å². The van der Waals surface area contributed by atoms with Crippen molar-refractivity contribution in [3.05, 3.63) is 54.6 Å². The third-order valence-electron chi connectivity index (χ3n) is 2.39. The van der Waals surface area contributed by atoms with E-state index in [0.29, 0.717) is 17.5 Å². The number of hydrogen-bond acceptors (Lipinski definition) is 5. The minimum Gasteiger partial charge on any atom is -0.545 e. The minimum atomic E-state index is -4.13. The number of hydrogen-bond donors (Lipinski definition) is 2. The van der Waals surface area contributed by atoms with Crippen LogP contribution < -0.4 is 34.7 Å². The monoisotopic (exact) mass is 346 g/mol. The SMILES string of the molecule is O=C([O-])/C=C/C(=O)O.O=S(=O)(O)c1cccc2ccccc12.[Na+]. The molecule has 0 bridgehead atoms. The number of benzene rings is 2. The molecule has 23 heavy (non-hydrogen) atoms. The van der Waals surface area contributed by atoms with Crippen molar-refractivity contribution in [1.82, 2.24) is 0 Å². The number of fused-ring (bicyclic) bond motifs is 1. The van der Waals surface area contributed by atoms with E-state index in [2.05, 4.69) is 0 Å². The molecular weight excluding hydrogens is 335 g/mol. The zero-order valence-electron chi connectivity index (χ0n) is 12.0. The molecular formula is C14H11NaO7S. The van der Waals surface area contributed by atoms with E-state index in [-0.39, 0.29) is 34.5 Å². The van der Waals surface area contributed by atoms with Gasteiger partial charge in [0.25, 0.3) is 10.1 Å². The van der Waals surface area contributed by atoms with Crippen molar-refractivity contribution in [2.75, 3.05) is 0 Å². The summed E-state index contributed by atoms with van der Waals surface area (Å²) in [5.74, 6) is -2.80. The third-order valence-corrected chi connectivity index (χ3v) is 3.30. The summed E-state index contributed by atoms with van der Waals surface area (Å²) in [6, 6.07) is 11.8. The van der Waals surface area contributed by atoms with Crippen molar-refractivity contribution in [1.29, 1.82) is 0 Å². The molecule has 0 unspecified atom stereocenters. The molecule has 0 fully saturated rings. The molecule has 2 rings (SSSR count). The average Bonchev–Trinajstić information content (AvgIpc) is 2.44. The second kappa shape index (κ2) is 9.43. The van der Waals surface area contributed by atoms with Gasteiger partial charge in [0, 0.05) is 11.5 Å². The molecule has 0 heterocycles. The van der Waals surface area contributed by atoms with Gasteiger partial charge in [0.2, 0.25) is 0 Å². The summed E-state index contributed by atoms with van der Waals surface area (Å²) >= 11 is 0. The second-order valence-electron chi connectivity index (χ2n) is 3.94. The zero-order chi connectivity index (χ0) is 16.8. The molecule has 2 N–H and O–H groups in total. The van der Waals surface area contributed by atoms with Gasteiger partial charge in [-0.2, -0.15) is 8.42 Å². The summed E-state index contributed by atoms with van der Waals surface area (Å²) in [6.45, 7) is 0. The van der Waals surface area contributed by atoms with Crippen LogP contribution in [0, 0.1) is 0 Å². The van der Waals surface area contributed by atoms with Gasteiger partial charge in [-0.15, -0.1) is 0 Å². The Morgan fingerprint density at radius 2 is 1.57 bits per heavy atom. The molecule has 0 aliphatic heterocycles. The Morgan fingerprint density at radius 3 is 2.04 bits per heavy atom. The Morgan fingerprint density at radius 1 is 1.00 bits per heavy atom. The Labute approximate surface area is 154 Å². The quantitative estimate of drug-likeness (QED) is 0.356. The average molecular weight is 346 g/mol. The van der Waals surface area contributed by atoms with Crippen LogP contribution in [0.15, 0.2) is 59.5 Å². The van der Waals surface area contributed by atoms with E-state index in [9.17, 15) is 23.1 Å². The van der Waals surface area contributed by atoms with Crippen molar-refractivity contribution in [2.24, 2.45) is 0 Å². The first-order chi connectivity index (χ1) is 10.2. The molecule has 0 saturated heterocycles. The fourth-order valence-corrected chi connectivity index (χ4v) is 2.27. The summed E-state index contributed by atoms with van der Waals surface area (Å²) in [5.41, 5.74) is 0. The van der Waals surface area contributed by atoms with Crippen LogP contribution in [-0.4, -0.2) is 30.0 Å². The number of rotatable bonds is 3. The van der Waals surface area contributed by atoms with Crippen molar-refractivity contribution in [3.8, 4) is 0 Å². The number of carbonyl (C=O) groups is 2. The van der Waals surface area contributed by atoms with Gasteiger partial charge in [-0.3, -0.25) is 4.55 Å². The first-order valence-electron chi connectivity index (χ1n) is 5.79. The maximum absolute atomic E-state index is 11.0. The smallest absolute Gasteiger partial charge is 0.545 e. The second-order valence-corrected chi connectivity index (χ2v) is 5.33. The van der Waals surface area contributed by atoms with Gasteiger partial charge in [0.1, 0.15) is 4.90 Å². The van der Waals surface area contributed by atoms with Gasteiger partial charge >= 0.3 is 35.5 Å². The standard InChI is InChI=1S/C10H8O3S.C4H4O4.Na/c11-14(12,13)10-7-3-5-8-4-1-2-6-9(8)10;5-3(6)1-2-4(7)8;/h1-7H,(H,11,12,13);1-2H,(H,5,6)(H,7,8);/q;;+1/p-1/b;2-1+;. The predicted octanol–water partition coefficient (Wildman–Crippen LogP) is -2.53. The predicted molar refractivity (Wildman–Crippen MR) is 75.5 cm³/mol. The van der Waals surface area contributed by atoms with E-state index < -0.39 is 22.1 Å². The van der Waals surface area contributed by atoms with E-state index in [1.54, 1.807) is 30.3 Å². The summed E-state index contributed by atoms with van der Waals surface area (Å²) in [7, 11) is -4.13. The number of carboxylic acid groups (broad SMARTS) is 2. The molecule has 0 aliphatic carbocycles. The summed E-state index contributed by atoms with van der Waals surface area (Å²) in [4.78, 5) is 18.9. The van der Waals surface area contributed by atoms with Crippen LogP contribution in [0.1, 0.15) is 0 Å². The zero-order valence-corrected chi connectivity index (χ0v) is 14.9. The van der Waals surface area contributed by atoms with Crippen LogP contribution in [0.25, 0.3) is 10.8 Å². The van der Waals surface area contributed by atoms with E-state index in [0.717, 1.165) is 5.39 Å². The van der Waals surface area contributed by atoms with Crippen LogP contribution in [0.4, 0.5) is 0 Å². The van der Waals surface area contributed by atoms with Crippen LogP contribution in [0.2, 0.25) is 0 Å². The van der Waals surface area contributed by atoms with E-state index >= 15 is 0 Å². The number of carboxylic acids is 2. The van der Waals surface area contributed by atoms with Crippen LogP contribution in [-0.2, 0) is 19.7 Å². The van der Waals surface area contributed by atoms with Crippen molar-refractivity contribution < 1.29 is 62.3 Å². The number of carbonyl (C=O) groups excluding carboxylic acids is 1. The van der Waals surface area contributed by atoms with Gasteiger partial charge < -0.3 is 15.0 Å². The van der Waals surface area contributed by atoms with Crippen LogP contribution in [0.3, 0.4) is 0 Å². The van der Waals surface area contributed by atoms with Crippen molar-refractivity contribution in [3.63, 3.8) is 0 Å². The van der Waals surface area contributed by atoms with Gasteiger partial charge in [-0.1, -0.05) is 36.4 Å². The topological polar surface area (TPSA) is 132 Å². The first kappa shape index (κ1) is 21.3. The van der Waals surface area contributed by atoms with Crippen LogP contribution in [0.5, 0.6) is 0 Å². The van der Waals surface area contributed by atoms with E-state index in [4.69, 9.17) is 9.66 Å². The fourth-order valence-electron chi connectivity index (χ4n) is 1.56. The maximum atomic E-state index is 11.0. The molecule has 9 heteroatoms. The van der Waals surface area contributed by atoms with Gasteiger partial charge in [-0.05, 0) is 17.5 Å². The Balaban J connectivity index is 0.000000469. The maximum Gasteiger partial charge on any atom is 1.00 e. The van der Waals surface area contributed by atoms with E-state index in [1.165, 1.54) is 6.07 Å². The van der Waals surface area contributed by atoms with Gasteiger partial charge in [-0.25, -0.2) is 4.79 Å². The molecule has 0 aromatic heterocycles. The molecule has 2 aromatic carbocycles. The largest absolute Gasteiger partial charge is 1.00 e. The number of aliphatic carboxylic acids is 2. The molecule has 0 amide bonds. The molecule has 2 aromatic rings. The Hall–Kier alpha value is -1.71. The molecule has 0 radical (unpaired) electrons. The molecule has 0 spiro atoms. The Kier molecular flexibility index (Phi) is 8.73. The summed E-state index contributed by atoms with van der Waals surface area (Å²) in [6.07, 6.45) is 0.942. The molecule has 0 saturated carbocycles. The molecule has 116 valence electrons.